The molecule has 1 atom stereocenters. The van der Waals surface area contributed by atoms with Gasteiger partial charge in [-0.05, 0) is 49.7 Å². The zero-order valence-corrected chi connectivity index (χ0v) is 18.3. The van der Waals surface area contributed by atoms with Gasteiger partial charge >= 0.3 is 0 Å². The van der Waals surface area contributed by atoms with Crippen molar-refractivity contribution in [1.29, 1.82) is 0 Å². The predicted molar refractivity (Wildman–Crippen MR) is 120 cm³/mol. The molecule has 0 spiro atoms. The smallest absolute Gasteiger partial charge is 0.191 e. The van der Waals surface area contributed by atoms with Gasteiger partial charge in [0.15, 0.2) is 5.96 Å². The molecule has 0 aliphatic rings. The highest BCUT2D eigenvalue weighted by molar-refractivity contribution is 14.0. The summed E-state index contributed by atoms with van der Waals surface area (Å²) in [5.41, 5.74) is 0.971. The van der Waals surface area contributed by atoms with Gasteiger partial charge in [0.1, 0.15) is 11.4 Å². The van der Waals surface area contributed by atoms with Gasteiger partial charge in [0, 0.05) is 18.9 Å². The molecule has 0 aliphatic carbocycles. The van der Waals surface area contributed by atoms with Crippen molar-refractivity contribution in [2.45, 2.75) is 26.0 Å². The SMILES string of the molecule is CCNC(=NCc1ccc(-n2cccn2)cc1)NCC(C)(O)c1ccco1.I. The standard InChI is InChI=1S/C20H25N5O2.HI/c1-3-21-19(23-15-20(2,26)18-6-4-13-27-18)22-14-16-7-9-17(10-8-16)25-12-5-11-24-25;/h4-13,26H,3,14-15H2,1-2H3,(H2,21,22,23);1H. The normalized spacial score (nSPS) is 13.5. The lowest BCUT2D eigenvalue weighted by molar-refractivity contribution is 0.0386. The molecule has 8 heteroatoms. The van der Waals surface area contributed by atoms with Crippen molar-refractivity contribution < 1.29 is 9.52 Å². The van der Waals surface area contributed by atoms with Crippen molar-refractivity contribution in [2.24, 2.45) is 4.99 Å². The number of halogens is 1. The third-order valence-electron chi connectivity index (χ3n) is 4.12. The second kappa shape index (κ2) is 10.3. The Balaban J connectivity index is 0.00000280. The van der Waals surface area contributed by atoms with Crippen molar-refractivity contribution >= 4 is 29.9 Å². The predicted octanol–water partition coefficient (Wildman–Crippen LogP) is 3.05. The molecular weight excluding hydrogens is 469 g/mol. The molecule has 28 heavy (non-hydrogen) atoms. The van der Waals surface area contributed by atoms with E-state index in [1.807, 2.05) is 48.1 Å². The summed E-state index contributed by atoms with van der Waals surface area (Å²) in [7, 11) is 0. The number of furan rings is 1. The molecular formula is C20H26IN5O2. The summed E-state index contributed by atoms with van der Waals surface area (Å²) < 4.78 is 7.12. The molecule has 2 aromatic heterocycles. The van der Waals surface area contributed by atoms with Gasteiger partial charge in [0.05, 0.1) is 25.0 Å². The summed E-state index contributed by atoms with van der Waals surface area (Å²) in [6, 6.07) is 13.5. The number of nitrogens with zero attached hydrogens (tertiary/aromatic N) is 3. The molecule has 1 aromatic carbocycles. The van der Waals surface area contributed by atoms with E-state index in [1.54, 1.807) is 31.5 Å². The molecule has 0 amide bonds. The lowest BCUT2D eigenvalue weighted by Crippen LogP contribution is -2.44. The van der Waals surface area contributed by atoms with Crippen LogP contribution in [0.25, 0.3) is 5.69 Å². The zero-order valence-electron chi connectivity index (χ0n) is 16.0. The summed E-state index contributed by atoms with van der Waals surface area (Å²) in [5.74, 6) is 1.15. The summed E-state index contributed by atoms with van der Waals surface area (Å²) >= 11 is 0. The van der Waals surface area contributed by atoms with Crippen LogP contribution in [0, 0.1) is 0 Å². The van der Waals surface area contributed by atoms with Crippen LogP contribution in [-0.4, -0.2) is 33.9 Å². The Hall–Kier alpha value is -2.33. The van der Waals surface area contributed by atoms with Crippen molar-refractivity contribution in [1.82, 2.24) is 20.4 Å². The van der Waals surface area contributed by atoms with Crippen LogP contribution < -0.4 is 10.6 Å². The summed E-state index contributed by atoms with van der Waals surface area (Å²) in [4.78, 5) is 4.59. The van der Waals surface area contributed by atoms with Gasteiger partial charge in [-0.25, -0.2) is 9.67 Å². The van der Waals surface area contributed by atoms with Gasteiger partial charge in [-0.15, -0.1) is 24.0 Å². The lowest BCUT2D eigenvalue weighted by atomic mass is 10.0. The number of guanidine groups is 1. The summed E-state index contributed by atoms with van der Waals surface area (Å²) in [6.45, 7) is 5.24. The molecule has 2 heterocycles. The largest absolute Gasteiger partial charge is 0.466 e. The second-order valence-electron chi connectivity index (χ2n) is 6.42. The number of aliphatic imine (C=N–C) groups is 1. The minimum atomic E-state index is -1.12. The van der Waals surface area contributed by atoms with Crippen LogP contribution in [0.15, 0.2) is 70.5 Å². The molecule has 0 bridgehead atoms. The Kier molecular flexibility index (Phi) is 8.06. The second-order valence-corrected chi connectivity index (χ2v) is 6.42. The molecule has 3 rings (SSSR count). The topological polar surface area (TPSA) is 87.6 Å². The third kappa shape index (κ3) is 5.83. The van der Waals surface area contributed by atoms with Crippen LogP contribution in [0.3, 0.4) is 0 Å². The van der Waals surface area contributed by atoms with Crippen molar-refractivity contribution in [3.63, 3.8) is 0 Å². The van der Waals surface area contributed by atoms with Gasteiger partial charge in [0.25, 0.3) is 0 Å². The van der Waals surface area contributed by atoms with E-state index in [0.29, 0.717) is 18.3 Å². The van der Waals surface area contributed by atoms with E-state index in [4.69, 9.17) is 4.42 Å². The van der Waals surface area contributed by atoms with Crippen LogP contribution in [0.2, 0.25) is 0 Å². The number of benzene rings is 1. The fraction of sp³-hybridized carbons (Fsp3) is 0.300. The number of hydrogen-bond donors (Lipinski definition) is 3. The Morgan fingerprint density at radius 3 is 2.61 bits per heavy atom. The molecule has 0 aliphatic heterocycles. The molecule has 0 radical (unpaired) electrons. The maximum absolute atomic E-state index is 10.6. The summed E-state index contributed by atoms with van der Waals surface area (Å²) in [5, 5.41) is 21.1. The first-order chi connectivity index (χ1) is 13.1. The Morgan fingerprint density at radius 2 is 2.00 bits per heavy atom. The monoisotopic (exact) mass is 495 g/mol. The zero-order chi connectivity index (χ0) is 19.1. The lowest BCUT2D eigenvalue weighted by Gasteiger charge is -2.22. The van der Waals surface area contributed by atoms with E-state index >= 15 is 0 Å². The minimum absolute atomic E-state index is 0. The molecule has 0 saturated carbocycles. The number of hydrogen-bond acceptors (Lipinski definition) is 4. The number of rotatable bonds is 7. The number of aromatic nitrogens is 2. The van der Waals surface area contributed by atoms with Crippen LogP contribution in [0.1, 0.15) is 25.2 Å². The third-order valence-corrected chi connectivity index (χ3v) is 4.12. The average molecular weight is 495 g/mol. The van der Waals surface area contributed by atoms with Gasteiger partial charge in [0.2, 0.25) is 0 Å². The highest BCUT2D eigenvalue weighted by Gasteiger charge is 2.26. The van der Waals surface area contributed by atoms with Gasteiger partial charge in [-0.2, -0.15) is 5.10 Å². The van der Waals surface area contributed by atoms with Gasteiger partial charge in [-0.1, -0.05) is 12.1 Å². The average Bonchev–Trinajstić information content (AvgIpc) is 3.39. The van der Waals surface area contributed by atoms with Crippen molar-refractivity contribution in [3.05, 3.63) is 72.4 Å². The van der Waals surface area contributed by atoms with Crippen LogP contribution in [0.5, 0.6) is 0 Å². The van der Waals surface area contributed by atoms with Crippen LogP contribution in [-0.2, 0) is 12.1 Å². The Morgan fingerprint density at radius 1 is 1.21 bits per heavy atom. The quantitative estimate of drug-likeness (QED) is 0.267. The number of nitrogens with one attached hydrogen (secondary N) is 2. The molecule has 3 aromatic rings. The fourth-order valence-electron chi connectivity index (χ4n) is 2.62. The maximum Gasteiger partial charge on any atom is 0.191 e. The first kappa shape index (κ1) is 22.0. The van der Waals surface area contributed by atoms with Crippen molar-refractivity contribution in [2.75, 3.05) is 13.1 Å². The number of aliphatic hydroxyl groups is 1. The first-order valence-electron chi connectivity index (χ1n) is 8.96. The molecule has 1 unspecified atom stereocenters. The maximum atomic E-state index is 10.6. The molecule has 0 saturated heterocycles. The van der Waals surface area contributed by atoms with Gasteiger partial charge in [-0.3, -0.25) is 0 Å². The van der Waals surface area contributed by atoms with E-state index < -0.39 is 5.60 Å². The molecule has 0 fully saturated rings. The molecule has 7 nitrogen and oxygen atoms in total. The van der Waals surface area contributed by atoms with E-state index in [1.165, 1.54) is 0 Å². The van der Waals surface area contributed by atoms with E-state index in [9.17, 15) is 5.11 Å². The van der Waals surface area contributed by atoms with Crippen LogP contribution in [0.4, 0.5) is 0 Å². The van der Waals surface area contributed by atoms with Crippen molar-refractivity contribution in [3.8, 4) is 5.69 Å². The first-order valence-corrected chi connectivity index (χ1v) is 8.96. The molecule has 150 valence electrons. The van der Waals surface area contributed by atoms with E-state index in [2.05, 4.69) is 20.7 Å². The summed E-state index contributed by atoms with van der Waals surface area (Å²) in [6.07, 6.45) is 5.21. The minimum Gasteiger partial charge on any atom is -0.466 e. The highest BCUT2D eigenvalue weighted by atomic mass is 127. The fourth-order valence-corrected chi connectivity index (χ4v) is 2.62. The van der Waals surface area contributed by atoms with Gasteiger partial charge < -0.3 is 20.2 Å². The molecule has 3 N–H and O–H groups in total. The Bertz CT molecular complexity index is 843. The van der Waals surface area contributed by atoms with E-state index in [-0.39, 0.29) is 30.5 Å². The Labute approximate surface area is 181 Å². The highest BCUT2D eigenvalue weighted by Crippen LogP contribution is 2.19. The van der Waals surface area contributed by atoms with Crippen LogP contribution >= 0.6 is 24.0 Å². The van der Waals surface area contributed by atoms with E-state index in [0.717, 1.165) is 17.8 Å².